The maximum absolute atomic E-state index is 12.9. The number of thioether (sulfide) groups is 1. The van der Waals surface area contributed by atoms with Crippen molar-refractivity contribution in [2.24, 2.45) is 0 Å². The molecule has 0 atom stereocenters. The number of fused-ring (bicyclic) bond motifs is 1. The predicted molar refractivity (Wildman–Crippen MR) is 146 cm³/mol. The molecule has 0 aromatic heterocycles. The average Bonchev–Trinajstić information content (AvgIpc) is 3.19. The highest BCUT2D eigenvalue weighted by atomic mass is 32.2. The molecule has 1 aliphatic rings. The van der Waals surface area contributed by atoms with Crippen LogP contribution < -0.4 is 14.2 Å². The molecule has 6 nitrogen and oxygen atoms in total. The molecule has 0 bridgehead atoms. The SMILES string of the molecule is O=C1S/C(=C\c2cccc(OCCOc3ccccc3)c2)C(=O)N1CCOc1cccc2ccccc12. The van der Waals surface area contributed by atoms with E-state index in [2.05, 4.69) is 0 Å². The van der Waals surface area contributed by atoms with Gasteiger partial charge in [0.05, 0.1) is 11.4 Å². The van der Waals surface area contributed by atoms with E-state index in [0.29, 0.717) is 23.9 Å². The zero-order valence-corrected chi connectivity index (χ0v) is 20.9. The fourth-order valence-corrected chi connectivity index (χ4v) is 4.81. The van der Waals surface area contributed by atoms with Gasteiger partial charge in [0.1, 0.15) is 37.1 Å². The number of hydrogen-bond acceptors (Lipinski definition) is 6. The lowest BCUT2D eigenvalue weighted by Crippen LogP contribution is -2.32. The Hall–Kier alpha value is -4.23. The number of nitrogens with zero attached hydrogens (tertiary/aromatic N) is 1. The van der Waals surface area contributed by atoms with Crippen LogP contribution in [0.2, 0.25) is 0 Å². The standard InChI is InChI=1S/C30H25NO5S/c32-29-28(21-22-8-6-13-25(20-22)35-19-18-34-24-11-2-1-3-12-24)37-30(33)31(29)16-17-36-27-15-7-10-23-9-4-5-14-26(23)27/h1-15,20-21H,16-19H2/b28-21-. The van der Waals surface area contributed by atoms with Gasteiger partial charge in [-0.3, -0.25) is 14.5 Å². The summed E-state index contributed by atoms with van der Waals surface area (Å²) in [6, 6.07) is 30.7. The molecular formula is C30H25NO5S. The van der Waals surface area contributed by atoms with Crippen LogP contribution in [0.25, 0.3) is 16.8 Å². The minimum Gasteiger partial charge on any atom is -0.491 e. The van der Waals surface area contributed by atoms with E-state index >= 15 is 0 Å². The van der Waals surface area contributed by atoms with Gasteiger partial charge in [0.25, 0.3) is 11.1 Å². The lowest BCUT2D eigenvalue weighted by molar-refractivity contribution is -0.123. The zero-order chi connectivity index (χ0) is 25.5. The Balaban J connectivity index is 1.16. The van der Waals surface area contributed by atoms with Gasteiger partial charge in [0.15, 0.2) is 0 Å². The number of amides is 2. The van der Waals surface area contributed by atoms with Crippen molar-refractivity contribution < 1.29 is 23.8 Å². The Kier molecular flexibility index (Phi) is 7.72. The molecule has 0 unspecified atom stereocenters. The van der Waals surface area contributed by atoms with Crippen molar-refractivity contribution in [2.45, 2.75) is 0 Å². The largest absolute Gasteiger partial charge is 0.491 e. The smallest absolute Gasteiger partial charge is 0.293 e. The highest BCUT2D eigenvalue weighted by molar-refractivity contribution is 8.18. The summed E-state index contributed by atoms with van der Waals surface area (Å²) in [5.41, 5.74) is 0.777. The molecule has 0 spiro atoms. The molecule has 0 radical (unpaired) electrons. The van der Waals surface area contributed by atoms with Crippen molar-refractivity contribution in [1.82, 2.24) is 4.90 Å². The van der Waals surface area contributed by atoms with Crippen molar-refractivity contribution in [2.75, 3.05) is 26.4 Å². The van der Waals surface area contributed by atoms with E-state index < -0.39 is 0 Å². The van der Waals surface area contributed by atoms with Crippen LogP contribution in [0, 0.1) is 0 Å². The summed E-state index contributed by atoms with van der Waals surface area (Å²) in [5, 5.41) is 1.76. The quantitative estimate of drug-likeness (QED) is 0.181. The van der Waals surface area contributed by atoms with Crippen LogP contribution in [0.4, 0.5) is 4.79 Å². The van der Waals surface area contributed by atoms with E-state index in [1.165, 1.54) is 4.90 Å². The zero-order valence-electron chi connectivity index (χ0n) is 20.0. The number of para-hydroxylation sites is 1. The topological polar surface area (TPSA) is 65.1 Å². The molecular weight excluding hydrogens is 486 g/mol. The van der Waals surface area contributed by atoms with Gasteiger partial charge in [-0.05, 0) is 59.1 Å². The number of rotatable bonds is 10. The molecule has 0 N–H and O–H groups in total. The van der Waals surface area contributed by atoms with Crippen LogP contribution in [0.1, 0.15) is 5.56 Å². The monoisotopic (exact) mass is 511 g/mol. The summed E-state index contributed by atoms with van der Waals surface area (Å²) < 4.78 is 17.4. The van der Waals surface area contributed by atoms with Crippen LogP contribution in [-0.2, 0) is 4.79 Å². The van der Waals surface area contributed by atoms with Gasteiger partial charge >= 0.3 is 0 Å². The first-order chi connectivity index (χ1) is 18.2. The Morgan fingerprint density at radius 3 is 2.27 bits per heavy atom. The highest BCUT2D eigenvalue weighted by Crippen LogP contribution is 2.33. The Labute approximate surface area is 219 Å². The minimum atomic E-state index is -0.320. The summed E-state index contributed by atoms with van der Waals surface area (Å²) in [7, 11) is 0. The summed E-state index contributed by atoms with van der Waals surface area (Å²) in [4.78, 5) is 27.0. The lowest BCUT2D eigenvalue weighted by Gasteiger charge is -2.14. The first kappa shape index (κ1) is 24.5. The summed E-state index contributed by atoms with van der Waals surface area (Å²) in [5.74, 6) is 1.86. The molecule has 1 aliphatic heterocycles. The van der Waals surface area contributed by atoms with Gasteiger partial charge in [-0.1, -0.05) is 66.7 Å². The van der Waals surface area contributed by atoms with E-state index in [1.807, 2.05) is 97.1 Å². The Morgan fingerprint density at radius 1 is 0.703 bits per heavy atom. The Bertz CT molecular complexity index is 1430. The molecule has 4 aromatic rings. The van der Waals surface area contributed by atoms with Crippen LogP contribution in [0.5, 0.6) is 17.2 Å². The van der Waals surface area contributed by atoms with Crippen molar-refractivity contribution in [3.05, 3.63) is 108 Å². The van der Waals surface area contributed by atoms with E-state index in [-0.39, 0.29) is 24.3 Å². The minimum absolute atomic E-state index is 0.176. The molecule has 37 heavy (non-hydrogen) atoms. The van der Waals surface area contributed by atoms with E-state index in [9.17, 15) is 9.59 Å². The number of carbonyl (C=O) groups excluding carboxylic acids is 2. The fourth-order valence-electron chi connectivity index (χ4n) is 3.94. The number of carbonyl (C=O) groups is 2. The fraction of sp³-hybridized carbons (Fsp3) is 0.133. The summed E-state index contributed by atoms with van der Waals surface area (Å²) >= 11 is 0.933. The molecule has 0 saturated carbocycles. The van der Waals surface area contributed by atoms with Crippen LogP contribution in [-0.4, -0.2) is 42.4 Å². The van der Waals surface area contributed by atoms with Crippen molar-refractivity contribution in [3.63, 3.8) is 0 Å². The molecule has 186 valence electrons. The Morgan fingerprint density at radius 2 is 1.41 bits per heavy atom. The third kappa shape index (κ3) is 6.13. The number of ether oxygens (including phenoxy) is 3. The highest BCUT2D eigenvalue weighted by Gasteiger charge is 2.34. The van der Waals surface area contributed by atoms with Gasteiger partial charge in [-0.25, -0.2) is 0 Å². The van der Waals surface area contributed by atoms with Crippen LogP contribution >= 0.6 is 11.8 Å². The molecule has 1 saturated heterocycles. The van der Waals surface area contributed by atoms with Crippen LogP contribution in [0.3, 0.4) is 0 Å². The second-order valence-electron chi connectivity index (χ2n) is 8.24. The number of benzene rings is 4. The van der Waals surface area contributed by atoms with Gasteiger partial charge < -0.3 is 14.2 Å². The van der Waals surface area contributed by atoms with Gasteiger partial charge in [-0.15, -0.1) is 0 Å². The number of imide groups is 1. The molecule has 7 heteroatoms. The normalized spacial score (nSPS) is 14.4. The predicted octanol–water partition coefficient (Wildman–Crippen LogP) is 6.41. The van der Waals surface area contributed by atoms with Crippen LogP contribution in [0.15, 0.2) is 102 Å². The van der Waals surface area contributed by atoms with E-state index in [0.717, 1.165) is 39.6 Å². The van der Waals surface area contributed by atoms with E-state index in [1.54, 1.807) is 6.08 Å². The second kappa shape index (κ2) is 11.7. The van der Waals surface area contributed by atoms with Crippen molar-refractivity contribution >= 4 is 39.8 Å². The van der Waals surface area contributed by atoms with Gasteiger partial charge in [0, 0.05) is 5.39 Å². The number of hydrogen-bond donors (Lipinski definition) is 0. The summed E-state index contributed by atoms with van der Waals surface area (Å²) in [6.07, 6.45) is 1.71. The molecule has 4 aromatic carbocycles. The summed E-state index contributed by atoms with van der Waals surface area (Å²) in [6.45, 7) is 1.18. The molecule has 1 heterocycles. The lowest BCUT2D eigenvalue weighted by atomic mass is 10.1. The maximum atomic E-state index is 12.9. The molecule has 5 rings (SSSR count). The van der Waals surface area contributed by atoms with Gasteiger partial charge in [-0.2, -0.15) is 0 Å². The second-order valence-corrected chi connectivity index (χ2v) is 9.23. The van der Waals surface area contributed by atoms with Crippen molar-refractivity contribution in [1.29, 1.82) is 0 Å². The first-order valence-corrected chi connectivity index (χ1v) is 12.8. The maximum Gasteiger partial charge on any atom is 0.293 e. The molecule has 0 aliphatic carbocycles. The third-order valence-electron chi connectivity index (χ3n) is 5.72. The molecule has 1 fully saturated rings. The third-order valence-corrected chi connectivity index (χ3v) is 6.62. The first-order valence-electron chi connectivity index (χ1n) is 11.9. The van der Waals surface area contributed by atoms with Crippen molar-refractivity contribution in [3.8, 4) is 17.2 Å². The average molecular weight is 512 g/mol. The van der Waals surface area contributed by atoms with E-state index in [4.69, 9.17) is 14.2 Å². The molecule has 2 amide bonds. The van der Waals surface area contributed by atoms with Gasteiger partial charge in [0.2, 0.25) is 0 Å².